The molecular weight excluding hydrogens is 348 g/mol. The first-order valence-electron chi connectivity index (χ1n) is 3.29. The number of nitrogens with zero attached hydrogens (tertiary/aromatic N) is 1. The maximum Gasteiger partial charge on any atom is 1.00 e. The molecule has 1 radical (unpaired) electrons. The molecule has 0 bridgehead atoms. The van der Waals surface area contributed by atoms with Crippen LogP contribution in [0.15, 0.2) is 30.5 Å². The van der Waals surface area contributed by atoms with E-state index in [0.29, 0.717) is 0 Å². The number of benzene rings is 1. The van der Waals surface area contributed by atoms with Gasteiger partial charge in [0.1, 0.15) is 0 Å². The SMILES string of the molecule is Clc1ccnc2[c-]cccc12.[Os+]. The first kappa shape index (κ1) is 9.64. The Kier molecular flexibility index (Phi) is 3.20. The van der Waals surface area contributed by atoms with Crippen LogP contribution in [0.2, 0.25) is 5.02 Å². The van der Waals surface area contributed by atoms with Crippen molar-refractivity contribution < 1.29 is 19.8 Å². The zero-order valence-corrected chi connectivity index (χ0v) is 9.36. The molecule has 0 aliphatic heterocycles. The van der Waals surface area contributed by atoms with Gasteiger partial charge in [-0.05, 0) is 16.6 Å². The van der Waals surface area contributed by atoms with Crippen molar-refractivity contribution in [1.29, 1.82) is 0 Å². The van der Waals surface area contributed by atoms with Gasteiger partial charge in [0.05, 0.1) is 0 Å². The van der Waals surface area contributed by atoms with Crippen LogP contribution in [-0.2, 0) is 19.8 Å². The number of aromatic nitrogens is 1. The Morgan fingerprint density at radius 3 is 2.92 bits per heavy atom. The molecule has 3 heteroatoms. The van der Waals surface area contributed by atoms with Crippen LogP contribution >= 0.6 is 11.6 Å². The van der Waals surface area contributed by atoms with E-state index in [4.69, 9.17) is 11.6 Å². The van der Waals surface area contributed by atoms with E-state index in [1.165, 1.54) is 0 Å². The Morgan fingerprint density at radius 1 is 1.33 bits per heavy atom. The molecule has 2 rings (SSSR count). The summed E-state index contributed by atoms with van der Waals surface area (Å²) in [6.45, 7) is 0. The quantitative estimate of drug-likeness (QED) is 0.664. The van der Waals surface area contributed by atoms with Gasteiger partial charge in [-0.3, -0.25) is 4.98 Å². The Morgan fingerprint density at radius 2 is 2.17 bits per heavy atom. The molecule has 61 valence electrons. The fourth-order valence-corrected chi connectivity index (χ4v) is 1.20. The van der Waals surface area contributed by atoms with E-state index in [9.17, 15) is 0 Å². The second-order valence-corrected chi connectivity index (χ2v) is 2.63. The molecule has 0 aliphatic carbocycles. The number of rotatable bonds is 0. The van der Waals surface area contributed by atoms with Crippen LogP contribution < -0.4 is 0 Å². The predicted molar refractivity (Wildman–Crippen MR) is 45.6 cm³/mol. The summed E-state index contributed by atoms with van der Waals surface area (Å²) in [4.78, 5) is 4.10. The summed E-state index contributed by atoms with van der Waals surface area (Å²) in [5.74, 6) is 0. The number of hydrogen-bond acceptors (Lipinski definition) is 1. The van der Waals surface area contributed by atoms with Crippen LogP contribution in [0.4, 0.5) is 0 Å². The average molecular weight is 353 g/mol. The van der Waals surface area contributed by atoms with E-state index < -0.39 is 0 Å². The van der Waals surface area contributed by atoms with Gasteiger partial charge in [0.2, 0.25) is 0 Å². The van der Waals surface area contributed by atoms with E-state index >= 15 is 0 Å². The fourth-order valence-electron chi connectivity index (χ4n) is 0.995. The molecule has 0 unspecified atom stereocenters. The second-order valence-electron chi connectivity index (χ2n) is 2.23. The Hall–Kier alpha value is -0.444. The van der Waals surface area contributed by atoms with Crippen molar-refractivity contribution in [2.24, 2.45) is 0 Å². The molecule has 1 aromatic carbocycles. The molecule has 1 heterocycles. The third-order valence-corrected chi connectivity index (χ3v) is 1.85. The molecule has 1 aromatic heterocycles. The first-order chi connectivity index (χ1) is 5.38. The van der Waals surface area contributed by atoms with Crippen molar-refractivity contribution in [3.8, 4) is 0 Å². The minimum absolute atomic E-state index is 0. The third kappa shape index (κ3) is 1.66. The van der Waals surface area contributed by atoms with Gasteiger partial charge in [-0.1, -0.05) is 17.0 Å². The zero-order chi connectivity index (χ0) is 7.68. The molecule has 0 fully saturated rings. The summed E-state index contributed by atoms with van der Waals surface area (Å²) in [6, 6.07) is 10.4. The molecule has 0 saturated heterocycles. The van der Waals surface area contributed by atoms with E-state index in [1.807, 2.05) is 18.2 Å². The van der Waals surface area contributed by atoms with Gasteiger partial charge in [0.25, 0.3) is 0 Å². The van der Waals surface area contributed by atoms with Gasteiger partial charge in [-0.25, -0.2) is 0 Å². The van der Waals surface area contributed by atoms with Gasteiger partial charge in [-0.2, -0.15) is 24.3 Å². The molecule has 0 atom stereocenters. The van der Waals surface area contributed by atoms with Crippen molar-refractivity contribution >= 4 is 22.5 Å². The van der Waals surface area contributed by atoms with Crippen LogP contribution in [-0.4, -0.2) is 4.98 Å². The van der Waals surface area contributed by atoms with Gasteiger partial charge in [0, 0.05) is 6.20 Å². The number of halogens is 1. The number of para-hydroxylation sites is 1. The first-order valence-corrected chi connectivity index (χ1v) is 3.66. The van der Waals surface area contributed by atoms with Crippen LogP contribution in [0.25, 0.3) is 10.9 Å². The van der Waals surface area contributed by atoms with E-state index in [1.54, 1.807) is 12.3 Å². The second kappa shape index (κ2) is 3.98. The van der Waals surface area contributed by atoms with Crippen molar-refractivity contribution in [1.82, 2.24) is 4.98 Å². The third-order valence-electron chi connectivity index (χ3n) is 1.52. The maximum absolute atomic E-state index is 5.90. The Bertz CT molecular complexity index is 384. The number of hydrogen-bond donors (Lipinski definition) is 0. The summed E-state index contributed by atoms with van der Waals surface area (Å²) in [5.41, 5.74) is 0.819. The normalized spacial score (nSPS) is 9.42. The average Bonchev–Trinajstić information content (AvgIpc) is 2.06. The molecule has 1 nitrogen and oxygen atoms in total. The molecule has 2 aromatic rings. The summed E-state index contributed by atoms with van der Waals surface area (Å²) in [5, 5.41) is 1.68. The molecule has 0 amide bonds. The van der Waals surface area contributed by atoms with Crippen molar-refractivity contribution in [3.63, 3.8) is 0 Å². The molecule has 0 saturated carbocycles. The Balaban J connectivity index is 0.000000720. The summed E-state index contributed by atoms with van der Waals surface area (Å²) < 4.78 is 0. The van der Waals surface area contributed by atoms with Crippen molar-refractivity contribution in [2.45, 2.75) is 0 Å². The van der Waals surface area contributed by atoms with Gasteiger partial charge >= 0.3 is 19.8 Å². The smallest absolute Gasteiger partial charge is 0.283 e. The minimum Gasteiger partial charge on any atom is -0.283 e. The summed E-state index contributed by atoms with van der Waals surface area (Å²) in [7, 11) is 0. The summed E-state index contributed by atoms with van der Waals surface area (Å²) in [6.07, 6.45) is 1.68. The van der Waals surface area contributed by atoms with E-state index in [2.05, 4.69) is 11.1 Å². The number of fused-ring (bicyclic) bond motifs is 1. The van der Waals surface area contributed by atoms with Gasteiger partial charge in [-0.15, -0.1) is 0 Å². The fraction of sp³-hybridized carbons (Fsp3) is 0. The van der Waals surface area contributed by atoms with Crippen LogP contribution in [0.3, 0.4) is 0 Å². The molecular formula is C9H5ClNOs. The molecule has 0 aliphatic rings. The molecule has 0 spiro atoms. The van der Waals surface area contributed by atoms with Crippen LogP contribution in [0.1, 0.15) is 0 Å². The van der Waals surface area contributed by atoms with Crippen LogP contribution in [0, 0.1) is 6.07 Å². The standard InChI is InChI=1S/C9H5ClN.Os/c10-8-5-6-11-9-4-2-1-3-7(8)9;/h1-3,5-6H;/q-1;+1. The topological polar surface area (TPSA) is 12.9 Å². The van der Waals surface area contributed by atoms with Crippen molar-refractivity contribution in [3.05, 3.63) is 41.6 Å². The number of pyridine rings is 1. The van der Waals surface area contributed by atoms with E-state index in [0.717, 1.165) is 15.9 Å². The Labute approximate surface area is 88.8 Å². The maximum atomic E-state index is 5.90. The summed E-state index contributed by atoms with van der Waals surface area (Å²) >= 11 is 5.90. The molecule has 0 N–H and O–H groups in total. The largest absolute Gasteiger partial charge is 1.00 e. The van der Waals surface area contributed by atoms with Gasteiger partial charge in [0.15, 0.2) is 0 Å². The zero-order valence-electron chi connectivity index (χ0n) is 6.07. The van der Waals surface area contributed by atoms with E-state index in [-0.39, 0.29) is 19.8 Å². The van der Waals surface area contributed by atoms with Crippen molar-refractivity contribution in [2.75, 3.05) is 0 Å². The van der Waals surface area contributed by atoms with Crippen LogP contribution in [0.5, 0.6) is 0 Å². The predicted octanol–water partition coefficient (Wildman–Crippen LogP) is 2.69. The molecule has 12 heavy (non-hydrogen) atoms. The van der Waals surface area contributed by atoms with Gasteiger partial charge < -0.3 is 0 Å². The monoisotopic (exact) mass is 354 g/mol. The minimum atomic E-state index is 0.